The highest BCUT2D eigenvalue weighted by Crippen LogP contribution is 2.40. The molecular weight excluding hydrogens is 318 g/mol. The van der Waals surface area contributed by atoms with Gasteiger partial charge in [-0.15, -0.1) is 10.2 Å². The summed E-state index contributed by atoms with van der Waals surface area (Å²) in [6.07, 6.45) is 3.61. The lowest BCUT2D eigenvalue weighted by atomic mass is 9.99. The van der Waals surface area contributed by atoms with Gasteiger partial charge in [0.15, 0.2) is 0 Å². The Hall–Kier alpha value is -2.94. The summed E-state index contributed by atoms with van der Waals surface area (Å²) in [5, 5.41) is 12.0. The Morgan fingerprint density at radius 1 is 0.731 bits per heavy atom. The van der Waals surface area contributed by atoms with Crippen molar-refractivity contribution < 1.29 is 0 Å². The van der Waals surface area contributed by atoms with Crippen molar-refractivity contribution in [3.05, 3.63) is 72.1 Å². The van der Waals surface area contributed by atoms with Gasteiger partial charge in [0.25, 0.3) is 0 Å². The van der Waals surface area contributed by atoms with E-state index < -0.39 is 0 Å². The fraction of sp³-hybridized carbons (Fsp3) is 0.217. The van der Waals surface area contributed by atoms with Crippen LogP contribution in [0.15, 0.2) is 60.7 Å². The predicted molar refractivity (Wildman–Crippen MR) is 106 cm³/mol. The highest BCUT2D eigenvalue weighted by molar-refractivity contribution is 6.05. The van der Waals surface area contributed by atoms with E-state index in [0.29, 0.717) is 0 Å². The van der Waals surface area contributed by atoms with Gasteiger partial charge in [0, 0.05) is 39.8 Å². The van der Waals surface area contributed by atoms with E-state index >= 15 is 0 Å². The van der Waals surface area contributed by atoms with Gasteiger partial charge in [0.05, 0.1) is 0 Å². The number of rotatable bonds is 2. The molecule has 0 atom stereocenters. The van der Waals surface area contributed by atoms with Gasteiger partial charge < -0.3 is 4.57 Å². The van der Waals surface area contributed by atoms with Crippen LogP contribution in [0.4, 0.5) is 0 Å². The molecule has 2 aromatic heterocycles. The topological polar surface area (TPSA) is 30.7 Å². The van der Waals surface area contributed by atoms with Crippen LogP contribution in [0.2, 0.25) is 0 Å². The Labute approximate surface area is 153 Å². The van der Waals surface area contributed by atoms with E-state index in [2.05, 4.69) is 60.0 Å². The van der Waals surface area contributed by atoms with E-state index in [1.165, 1.54) is 35.0 Å². The molecule has 5 rings (SSSR count). The molecule has 4 aromatic rings. The maximum absolute atomic E-state index is 4.71. The van der Waals surface area contributed by atoms with Crippen molar-refractivity contribution >= 4 is 10.8 Å². The molecule has 0 saturated carbocycles. The van der Waals surface area contributed by atoms with Gasteiger partial charge in [-0.2, -0.15) is 0 Å². The van der Waals surface area contributed by atoms with Crippen LogP contribution in [-0.4, -0.2) is 14.8 Å². The number of aryl methyl sites for hydroxylation is 2. The second kappa shape index (κ2) is 6.10. The first-order valence-corrected chi connectivity index (χ1v) is 9.34. The van der Waals surface area contributed by atoms with E-state index in [1.54, 1.807) is 0 Å². The zero-order chi connectivity index (χ0) is 17.5. The first-order valence-electron chi connectivity index (χ1n) is 9.34. The standard InChI is InChI=1S/C23H21N3/c1-16-20-21(19-14-8-9-15-26(16)19)23(18-12-6-3-7-13-18)25-24-22(20)17-10-4-2-5-11-17/h2-7,10-13H,8-9,14-15H2,1H3. The molecule has 0 N–H and O–H groups in total. The van der Waals surface area contributed by atoms with Gasteiger partial charge >= 0.3 is 0 Å². The average Bonchev–Trinajstić information content (AvgIpc) is 3.02. The van der Waals surface area contributed by atoms with E-state index in [-0.39, 0.29) is 0 Å². The van der Waals surface area contributed by atoms with Crippen molar-refractivity contribution in [1.82, 2.24) is 14.8 Å². The average molecular weight is 339 g/mol. The van der Waals surface area contributed by atoms with Gasteiger partial charge in [-0.05, 0) is 26.2 Å². The lowest BCUT2D eigenvalue weighted by molar-refractivity contribution is 0.527. The van der Waals surface area contributed by atoms with Crippen LogP contribution >= 0.6 is 0 Å². The number of fused-ring (bicyclic) bond motifs is 3. The normalized spacial score (nSPS) is 13.7. The van der Waals surface area contributed by atoms with Gasteiger partial charge in [-0.3, -0.25) is 0 Å². The summed E-state index contributed by atoms with van der Waals surface area (Å²) in [5.41, 5.74) is 7.04. The molecule has 1 aliphatic rings. The van der Waals surface area contributed by atoms with Crippen LogP contribution in [0.25, 0.3) is 33.3 Å². The number of aromatic nitrogens is 3. The van der Waals surface area contributed by atoms with E-state index in [9.17, 15) is 0 Å². The molecule has 0 saturated heterocycles. The molecule has 2 aromatic carbocycles. The van der Waals surface area contributed by atoms with Crippen molar-refractivity contribution in [3.63, 3.8) is 0 Å². The molecule has 1 aliphatic heterocycles. The molecule has 128 valence electrons. The van der Waals surface area contributed by atoms with E-state index in [0.717, 1.165) is 35.5 Å². The summed E-state index contributed by atoms with van der Waals surface area (Å²) in [6.45, 7) is 3.33. The number of hydrogen-bond acceptors (Lipinski definition) is 2. The molecule has 3 nitrogen and oxygen atoms in total. The van der Waals surface area contributed by atoms with Gasteiger partial charge in [-0.25, -0.2) is 0 Å². The van der Waals surface area contributed by atoms with Crippen molar-refractivity contribution in [2.24, 2.45) is 0 Å². The molecule has 0 unspecified atom stereocenters. The number of hydrogen-bond donors (Lipinski definition) is 0. The summed E-state index contributed by atoms with van der Waals surface area (Å²) in [6, 6.07) is 20.9. The van der Waals surface area contributed by atoms with Gasteiger partial charge in [-0.1, -0.05) is 60.7 Å². The third kappa shape index (κ3) is 2.27. The second-order valence-electron chi connectivity index (χ2n) is 7.02. The molecule has 0 bridgehead atoms. The Bertz CT molecular complexity index is 1080. The van der Waals surface area contributed by atoms with Crippen LogP contribution in [0.3, 0.4) is 0 Å². The van der Waals surface area contributed by atoms with Crippen molar-refractivity contribution in [2.45, 2.75) is 32.7 Å². The maximum atomic E-state index is 4.71. The quantitative estimate of drug-likeness (QED) is 0.489. The molecule has 3 heterocycles. The Morgan fingerprint density at radius 3 is 1.92 bits per heavy atom. The van der Waals surface area contributed by atoms with Crippen LogP contribution in [0, 0.1) is 6.92 Å². The van der Waals surface area contributed by atoms with Crippen molar-refractivity contribution in [3.8, 4) is 22.5 Å². The van der Waals surface area contributed by atoms with Crippen molar-refractivity contribution in [2.75, 3.05) is 0 Å². The fourth-order valence-electron chi connectivity index (χ4n) is 4.26. The van der Waals surface area contributed by atoms with Crippen LogP contribution in [0.5, 0.6) is 0 Å². The zero-order valence-corrected chi connectivity index (χ0v) is 14.9. The lowest BCUT2D eigenvalue weighted by Gasteiger charge is -2.17. The number of benzene rings is 2. The fourth-order valence-corrected chi connectivity index (χ4v) is 4.26. The third-order valence-electron chi connectivity index (χ3n) is 5.49. The highest BCUT2D eigenvalue weighted by atomic mass is 15.1. The molecule has 3 heteroatoms. The van der Waals surface area contributed by atoms with Gasteiger partial charge in [0.2, 0.25) is 0 Å². The highest BCUT2D eigenvalue weighted by Gasteiger charge is 2.24. The molecule has 0 radical (unpaired) electrons. The molecule has 0 fully saturated rings. The smallest absolute Gasteiger partial charge is 0.103 e. The van der Waals surface area contributed by atoms with Crippen LogP contribution < -0.4 is 0 Å². The molecule has 26 heavy (non-hydrogen) atoms. The van der Waals surface area contributed by atoms with Crippen LogP contribution in [0.1, 0.15) is 24.2 Å². The minimum Gasteiger partial charge on any atom is -0.347 e. The summed E-state index contributed by atoms with van der Waals surface area (Å²) in [5.74, 6) is 0. The van der Waals surface area contributed by atoms with E-state index in [1.807, 2.05) is 12.1 Å². The monoisotopic (exact) mass is 339 g/mol. The Balaban J connectivity index is 1.89. The zero-order valence-electron chi connectivity index (χ0n) is 14.9. The Kier molecular flexibility index (Phi) is 3.59. The first-order chi connectivity index (χ1) is 12.8. The minimum atomic E-state index is 1.000. The van der Waals surface area contributed by atoms with Crippen molar-refractivity contribution in [1.29, 1.82) is 0 Å². The summed E-state index contributed by atoms with van der Waals surface area (Å²) < 4.78 is 2.50. The Morgan fingerprint density at radius 2 is 1.31 bits per heavy atom. The first kappa shape index (κ1) is 15.3. The van der Waals surface area contributed by atoms with Gasteiger partial charge in [0.1, 0.15) is 11.4 Å². The van der Waals surface area contributed by atoms with Crippen LogP contribution in [-0.2, 0) is 13.0 Å². The lowest BCUT2D eigenvalue weighted by Crippen LogP contribution is -2.10. The summed E-state index contributed by atoms with van der Waals surface area (Å²) in [4.78, 5) is 0. The molecular formula is C23H21N3. The summed E-state index contributed by atoms with van der Waals surface area (Å²) in [7, 11) is 0. The predicted octanol–water partition coefficient (Wildman–Crippen LogP) is 5.41. The molecule has 0 aliphatic carbocycles. The third-order valence-corrected chi connectivity index (χ3v) is 5.49. The second-order valence-corrected chi connectivity index (χ2v) is 7.02. The largest absolute Gasteiger partial charge is 0.347 e. The number of nitrogens with zero attached hydrogens (tertiary/aromatic N) is 3. The summed E-state index contributed by atoms with van der Waals surface area (Å²) >= 11 is 0. The van der Waals surface area contributed by atoms with E-state index in [4.69, 9.17) is 10.2 Å². The minimum absolute atomic E-state index is 1.000. The molecule has 0 amide bonds. The maximum Gasteiger partial charge on any atom is 0.103 e. The molecule has 0 spiro atoms. The SMILES string of the molecule is Cc1c2c(-c3ccccc3)nnc(-c3ccccc3)c2c2n1CCCC2.